The van der Waals surface area contributed by atoms with Crippen molar-refractivity contribution in [1.82, 2.24) is 4.98 Å². The number of phenols is 2. The zero-order chi connectivity index (χ0) is 18.8. The number of fused-ring (bicyclic) bond motifs is 1. The molecule has 0 unspecified atom stereocenters. The molecular formula is C21H17ClN3O2+. The molecule has 0 aliphatic heterocycles. The van der Waals surface area contributed by atoms with Gasteiger partial charge in [-0.25, -0.2) is 4.98 Å². The molecule has 0 amide bonds. The second-order valence-corrected chi connectivity index (χ2v) is 6.49. The first-order valence-electron chi connectivity index (χ1n) is 8.42. The Bertz CT molecular complexity index is 1100. The zero-order valence-corrected chi connectivity index (χ0v) is 15.0. The molecule has 4 rings (SSSR count). The van der Waals surface area contributed by atoms with Gasteiger partial charge >= 0.3 is 0 Å². The fourth-order valence-electron chi connectivity index (χ4n) is 3.10. The first-order valence-corrected chi connectivity index (χ1v) is 8.80. The second kappa shape index (κ2) is 7.13. The lowest BCUT2D eigenvalue weighted by Crippen LogP contribution is -2.19. The molecule has 0 bridgehead atoms. The van der Waals surface area contributed by atoms with Gasteiger partial charge in [-0.2, -0.15) is 0 Å². The largest absolute Gasteiger partial charge is 0.506 e. The van der Waals surface area contributed by atoms with Crippen molar-refractivity contribution in [3.63, 3.8) is 0 Å². The van der Waals surface area contributed by atoms with Gasteiger partial charge < -0.3 is 10.2 Å². The van der Waals surface area contributed by atoms with Gasteiger partial charge in [-0.05, 0) is 24.3 Å². The Labute approximate surface area is 160 Å². The van der Waals surface area contributed by atoms with Crippen LogP contribution in [0, 0.1) is 0 Å². The molecule has 6 heteroatoms. The maximum atomic E-state index is 10.9. The highest BCUT2D eigenvalue weighted by molar-refractivity contribution is 6.32. The van der Waals surface area contributed by atoms with E-state index in [0.29, 0.717) is 16.6 Å². The van der Waals surface area contributed by atoms with Crippen LogP contribution >= 0.6 is 11.6 Å². The molecule has 4 aromatic rings. The van der Waals surface area contributed by atoms with E-state index in [9.17, 15) is 10.2 Å². The van der Waals surface area contributed by atoms with Crippen molar-refractivity contribution in [3.8, 4) is 11.5 Å². The molecule has 0 aliphatic rings. The molecule has 0 spiro atoms. The van der Waals surface area contributed by atoms with Crippen molar-refractivity contribution < 1.29 is 15.2 Å². The number of anilines is 1. The maximum absolute atomic E-state index is 10.9. The first-order chi connectivity index (χ1) is 13.1. The minimum atomic E-state index is -0.505. The number of phenolic OH excluding ortho intramolecular Hbond substituents is 2. The summed E-state index contributed by atoms with van der Waals surface area (Å²) in [6.45, 7) is 0. The minimum Gasteiger partial charge on any atom is -0.506 e. The number of hydrogen-bond acceptors (Lipinski definition) is 4. The van der Waals surface area contributed by atoms with Gasteiger partial charge in [0, 0.05) is 28.8 Å². The van der Waals surface area contributed by atoms with Crippen LogP contribution in [0.25, 0.3) is 10.9 Å². The molecule has 134 valence electrons. The molecule has 27 heavy (non-hydrogen) atoms. The minimum absolute atomic E-state index is 0.0172. The molecule has 0 aliphatic carbocycles. The van der Waals surface area contributed by atoms with Crippen LogP contribution in [0.4, 0.5) is 5.82 Å². The fraction of sp³-hybridized carbons (Fsp3) is 0.0476. The topological polar surface area (TPSA) is 79.5 Å². The van der Waals surface area contributed by atoms with Crippen molar-refractivity contribution in [2.75, 3.05) is 5.32 Å². The number of hydrogen-bond donors (Lipinski definition) is 3. The summed E-state index contributed by atoms with van der Waals surface area (Å²) in [5.74, 6) is 0.791. The smallest absolute Gasteiger partial charge is 0.272 e. The van der Waals surface area contributed by atoms with Gasteiger partial charge in [0.25, 0.3) is 5.82 Å². The van der Waals surface area contributed by atoms with Crippen molar-refractivity contribution in [1.29, 1.82) is 0 Å². The van der Waals surface area contributed by atoms with E-state index in [-0.39, 0.29) is 16.5 Å². The van der Waals surface area contributed by atoms with Crippen molar-refractivity contribution >= 4 is 28.3 Å². The van der Waals surface area contributed by atoms with E-state index in [1.54, 1.807) is 18.5 Å². The molecule has 0 radical (unpaired) electrons. The van der Waals surface area contributed by atoms with Crippen molar-refractivity contribution in [2.24, 2.45) is 0 Å². The van der Waals surface area contributed by atoms with Crippen LogP contribution in [0.1, 0.15) is 17.2 Å². The third kappa shape index (κ3) is 3.25. The van der Waals surface area contributed by atoms with Gasteiger partial charge in [0.15, 0.2) is 0 Å². The number of rotatable bonds is 4. The Morgan fingerprint density at radius 2 is 1.81 bits per heavy atom. The number of H-pyrrole nitrogens is 1. The maximum Gasteiger partial charge on any atom is 0.272 e. The average Bonchev–Trinajstić information content (AvgIpc) is 2.70. The quantitative estimate of drug-likeness (QED) is 0.494. The summed E-state index contributed by atoms with van der Waals surface area (Å²) >= 11 is 6.38. The van der Waals surface area contributed by atoms with Gasteiger partial charge in [0.05, 0.1) is 11.2 Å². The summed E-state index contributed by atoms with van der Waals surface area (Å²) in [6.07, 6.45) is 3.44. The summed E-state index contributed by atoms with van der Waals surface area (Å²) in [6, 6.07) is 17.6. The summed E-state index contributed by atoms with van der Waals surface area (Å²) in [5.41, 5.74) is 1.75. The molecular weight excluding hydrogens is 362 g/mol. The number of aromatic hydroxyl groups is 2. The molecule has 0 saturated heterocycles. The standard InChI is InChI=1S/C21H16ClN3O2/c22-18-14(6-3-7-16(18)26)20(25-17-8-1-2-11-23-17)15-10-9-13-5-4-12-24-19(13)21(15)27/h1-12,20,26-27H,(H,23,25)/p+1/t20-/m0/s1. The number of aromatic amines is 1. The predicted octanol–water partition coefficient (Wildman–Crippen LogP) is 4.32. The number of benzene rings is 2. The first kappa shape index (κ1) is 17.1. The van der Waals surface area contributed by atoms with Crippen LogP contribution in [0.15, 0.2) is 73.1 Å². The van der Waals surface area contributed by atoms with E-state index in [1.165, 1.54) is 6.07 Å². The molecule has 0 saturated carbocycles. The molecule has 2 aromatic carbocycles. The Hall–Kier alpha value is -3.31. The molecule has 2 heterocycles. The van der Waals surface area contributed by atoms with Crippen LogP contribution in [-0.4, -0.2) is 15.2 Å². The number of pyridine rings is 2. The third-order valence-electron chi connectivity index (χ3n) is 4.42. The molecule has 5 nitrogen and oxygen atoms in total. The van der Waals surface area contributed by atoms with E-state index >= 15 is 0 Å². The van der Waals surface area contributed by atoms with Crippen LogP contribution in [-0.2, 0) is 0 Å². The zero-order valence-electron chi connectivity index (χ0n) is 14.2. The monoisotopic (exact) mass is 378 g/mol. The normalized spacial score (nSPS) is 12.0. The number of nitrogens with zero attached hydrogens (tertiary/aromatic N) is 1. The highest BCUT2D eigenvalue weighted by atomic mass is 35.5. The SMILES string of the molecule is Oc1cccc([C@H](Nc2cccc[nH+]2)c2ccc3cccnc3c2O)c1Cl. The summed E-state index contributed by atoms with van der Waals surface area (Å²) in [7, 11) is 0. The Balaban J connectivity index is 1.90. The van der Waals surface area contributed by atoms with Crippen LogP contribution in [0.3, 0.4) is 0 Å². The second-order valence-electron chi connectivity index (χ2n) is 6.11. The average molecular weight is 379 g/mol. The molecule has 4 N–H and O–H groups in total. The molecule has 2 aromatic heterocycles. The predicted molar refractivity (Wildman–Crippen MR) is 105 cm³/mol. The van der Waals surface area contributed by atoms with Gasteiger partial charge in [0.2, 0.25) is 0 Å². The lowest BCUT2D eigenvalue weighted by atomic mass is 9.96. The lowest BCUT2D eigenvalue weighted by molar-refractivity contribution is -0.361. The highest BCUT2D eigenvalue weighted by Gasteiger charge is 2.27. The summed E-state index contributed by atoms with van der Waals surface area (Å²) < 4.78 is 0. The summed E-state index contributed by atoms with van der Waals surface area (Å²) in [4.78, 5) is 7.41. The van der Waals surface area contributed by atoms with Crippen molar-refractivity contribution in [3.05, 3.63) is 89.2 Å². The number of nitrogens with one attached hydrogen (secondary N) is 2. The Kier molecular flexibility index (Phi) is 4.52. The van der Waals surface area contributed by atoms with Gasteiger partial charge in [-0.15, -0.1) is 0 Å². The van der Waals surface area contributed by atoms with Gasteiger partial charge in [0.1, 0.15) is 23.1 Å². The number of aromatic nitrogens is 2. The van der Waals surface area contributed by atoms with Gasteiger partial charge in [-0.3, -0.25) is 10.3 Å². The number of halogens is 1. The van der Waals surface area contributed by atoms with Crippen LogP contribution < -0.4 is 10.3 Å². The third-order valence-corrected chi connectivity index (χ3v) is 4.83. The Morgan fingerprint density at radius 1 is 0.926 bits per heavy atom. The Morgan fingerprint density at radius 3 is 2.63 bits per heavy atom. The van der Waals surface area contributed by atoms with E-state index in [0.717, 1.165) is 11.2 Å². The van der Waals surface area contributed by atoms with E-state index < -0.39 is 6.04 Å². The van der Waals surface area contributed by atoms with Gasteiger partial charge in [-0.1, -0.05) is 41.9 Å². The van der Waals surface area contributed by atoms with E-state index in [2.05, 4.69) is 15.3 Å². The molecule has 1 atom stereocenters. The van der Waals surface area contributed by atoms with E-state index in [1.807, 2.05) is 48.5 Å². The van der Waals surface area contributed by atoms with E-state index in [4.69, 9.17) is 11.6 Å². The lowest BCUT2D eigenvalue weighted by Gasteiger charge is -2.19. The highest BCUT2D eigenvalue weighted by Crippen LogP contribution is 2.40. The van der Waals surface area contributed by atoms with Crippen molar-refractivity contribution in [2.45, 2.75) is 6.04 Å². The summed E-state index contributed by atoms with van der Waals surface area (Å²) in [5, 5.41) is 25.4. The van der Waals surface area contributed by atoms with Crippen LogP contribution in [0.5, 0.6) is 11.5 Å². The fourth-order valence-corrected chi connectivity index (χ4v) is 3.34. The van der Waals surface area contributed by atoms with Crippen LogP contribution in [0.2, 0.25) is 5.02 Å². The molecule has 0 fully saturated rings.